The predicted molar refractivity (Wildman–Crippen MR) is 67.4 cm³/mol. The van der Waals surface area contributed by atoms with Crippen molar-refractivity contribution in [1.29, 1.82) is 0 Å². The Morgan fingerprint density at radius 2 is 2.24 bits per heavy atom. The fourth-order valence-corrected chi connectivity index (χ4v) is 2.18. The van der Waals surface area contributed by atoms with Crippen molar-refractivity contribution in [1.82, 2.24) is 15.3 Å². The zero-order valence-corrected chi connectivity index (χ0v) is 10.6. The molecule has 1 unspecified atom stereocenters. The second-order valence-corrected chi connectivity index (χ2v) is 4.82. The van der Waals surface area contributed by atoms with Gasteiger partial charge in [-0.1, -0.05) is 11.6 Å². The Morgan fingerprint density at radius 1 is 1.41 bits per heavy atom. The fraction of sp³-hybridized carbons (Fsp3) is 0.667. The number of piperidine rings is 1. The minimum atomic E-state index is 0.413. The third-order valence-electron chi connectivity index (χ3n) is 2.98. The first kappa shape index (κ1) is 12.6. The van der Waals surface area contributed by atoms with Crippen molar-refractivity contribution in [3.05, 3.63) is 17.4 Å². The topological polar surface area (TPSA) is 47.0 Å². The van der Waals surface area contributed by atoms with Gasteiger partial charge in [-0.3, -0.25) is 0 Å². The largest absolute Gasteiger partial charge is 0.463 e. The monoisotopic (exact) mass is 255 g/mol. The van der Waals surface area contributed by atoms with Crippen molar-refractivity contribution in [3.8, 4) is 6.01 Å². The number of hydrogen-bond donors (Lipinski definition) is 1. The highest BCUT2D eigenvalue weighted by Crippen LogP contribution is 2.16. The number of ether oxygens (including phenoxy) is 1. The summed E-state index contributed by atoms with van der Waals surface area (Å²) in [5.41, 5.74) is 0. The first-order valence-corrected chi connectivity index (χ1v) is 6.53. The van der Waals surface area contributed by atoms with E-state index in [-0.39, 0.29) is 0 Å². The Bertz CT molecular complexity index is 325. The molecule has 17 heavy (non-hydrogen) atoms. The molecule has 2 heterocycles. The summed E-state index contributed by atoms with van der Waals surface area (Å²) in [6.07, 6.45) is 8.00. The fourth-order valence-electron chi connectivity index (χ4n) is 2.08. The molecule has 4 nitrogen and oxygen atoms in total. The van der Waals surface area contributed by atoms with Crippen LogP contribution in [-0.4, -0.2) is 29.7 Å². The van der Waals surface area contributed by atoms with Crippen LogP contribution in [0.1, 0.15) is 25.7 Å². The first-order valence-electron chi connectivity index (χ1n) is 6.15. The van der Waals surface area contributed by atoms with Crippen LogP contribution in [-0.2, 0) is 0 Å². The van der Waals surface area contributed by atoms with Crippen molar-refractivity contribution in [2.24, 2.45) is 5.92 Å². The minimum absolute atomic E-state index is 0.413. The molecular formula is C12H18ClN3O. The van der Waals surface area contributed by atoms with Gasteiger partial charge < -0.3 is 10.1 Å². The molecule has 0 aromatic carbocycles. The Kier molecular flexibility index (Phi) is 5.01. The third kappa shape index (κ3) is 4.48. The third-order valence-corrected chi connectivity index (χ3v) is 3.18. The lowest BCUT2D eigenvalue weighted by atomic mass is 9.95. The number of nitrogens with zero attached hydrogens (tertiary/aromatic N) is 2. The van der Waals surface area contributed by atoms with E-state index in [0.717, 1.165) is 18.9 Å². The maximum Gasteiger partial charge on any atom is 0.316 e. The highest BCUT2D eigenvalue weighted by molar-refractivity contribution is 6.30. The van der Waals surface area contributed by atoms with Gasteiger partial charge in [-0.25, -0.2) is 9.97 Å². The van der Waals surface area contributed by atoms with Crippen molar-refractivity contribution in [2.75, 3.05) is 19.7 Å². The summed E-state index contributed by atoms with van der Waals surface area (Å²) in [6, 6.07) is 0.413. The number of halogens is 1. The second kappa shape index (κ2) is 6.77. The van der Waals surface area contributed by atoms with E-state index in [4.69, 9.17) is 16.3 Å². The molecular weight excluding hydrogens is 238 g/mol. The molecule has 1 N–H and O–H groups in total. The van der Waals surface area contributed by atoms with Crippen molar-refractivity contribution in [3.63, 3.8) is 0 Å². The summed E-state index contributed by atoms with van der Waals surface area (Å²) in [4.78, 5) is 7.97. The van der Waals surface area contributed by atoms with Crippen molar-refractivity contribution >= 4 is 11.6 Å². The molecule has 1 aromatic heterocycles. The highest BCUT2D eigenvalue weighted by Gasteiger charge is 2.12. The summed E-state index contributed by atoms with van der Waals surface area (Å²) in [5.74, 6) is 0.804. The Balaban J connectivity index is 1.60. The molecule has 0 saturated carbocycles. The maximum atomic E-state index is 5.69. The highest BCUT2D eigenvalue weighted by atomic mass is 35.5. The molecule has 0 amide bonds. The van der Waals surface area contributed by atoms with Crippen molar-refractivity contribution < 1.29 is 4.74 Å². The molecule has 0 bridgehead atoms. The molecule has 0 spiro atoms. The zero-order valence-electron chi connectivity index (χ0n) is 9.86. The van der Waals surface area contributed by atoms with Gasteiger partial charge in [0.2, 0.25) is 0 Å². The van der Waals surface area contributed by atoms with Gasteiger partial charge in [-0.05, 0) is 44.7 Å². The van der Waals surface area contributed by atoms with Gasteiger partial charge in [-0.15, -0.1) is 0 Å². The number of aromatic nitrogens is 2. The van der Waals surface area contributed by atoms with E-state index in [1.165, 1.54) is 25.8 Å². The van der Waals surface area contributed by atoms with Crippen LogP contribution in [0.3, 0.4) is 0 Å². The molecule has 0 radical (unpaired) electrons. The van der Waals surface area contributed by atoms with Crippen LogP contribution >= 0.6 is 11.6 Å². The van der Waals surface area contributed by atoms with E-state index in [2.05, 4.69) is 15.3 Å². The molecule has 1 aliphatic heterocycles. The molecule has 2 rings (SSSR count). The SMILES string of the molecule is Clc1cnc(OCCCC2CCCNC2)nc1. The van der Waals surface area contributed by atoms with Gasteiger partial charge in [-0.2, -0.15) is 0 Å². The smallest absolute Gasteiger partial charge is 0.316 e. The Hall–Kier alpha value is -0.870. The standard InChI is InChI=1S/C12H18ClN3O/c13-11-8-15-12(16-9-11)17-6-2-4-10-3-1-5-14-7-10/h8-10,14H,1-7H2. The summed E-state index contributed by atoms with van der Waals surface area (Å²) < 4.78 is 5.45. The predicted octanol–water partition coefficient (Wildman–Crippen LogP) is 2.29. The van der Waals surface area contributed by atoms with Crippen LogP contribution in [0.4, 0.5) is 0 Å². The van der Waals surface area contributed by atoms with Gasteiger partial charge in [0, 0.05) is 0 Å². The summed E-state index contributed by atoms with van der Waals surface area (Å²) >= 11 is 5.69. The van der Waals surface area contributed by atoms with Gasteiger partial charge in [0.05, 0.1) is 24.0 Å². The molecule has 0 aliphatic carbocycles. The van der Waals surface area contributed by atoms with Gasteiger partial charge in [0.25, 0.3) is 0 Å². The lowest BCUT2D eigenvalue weighted by Crippen LogP contribution is -2.29. The molecule has 1 saturated heterocycles. The van der Waals surface area contributed by atoms with E-state index < -0.39 is 0 Å². The minimum Gasteiger partial charge on any atom is -0.463 e. The molecule has 1 aliphatic rings. The van der Waals surface area contributed by atoms with E-state index in [1.54, 1.807) is 12.4 Å². The van der Waals surface area contributed by atoms with E-state index >= 15 is 0 Å². The van der Waals surface area contributed by atoms with Crippen LogP contribution in [0.25, 0.3) is 0 Å². The average Bonchev–Trinajstić information content (AvgIpc) is 2.38. The van der Waals surface area contributed by atoms with Gasteiger partial charge in [0.1, 0.15) is 0 Å². The van der Waals surface area contributed by atoms with Crippen molar-refractivity contribution in [2.45, 2.75) is 25.7 Å². The summed E-state index contributed by atoms with van der Waals surface area (Å²) in [5, 5.41) is 3.95. The Morgan fingerprint density at radius 3 is 2.94 bits per heavy atom. The zero-order chi connectivity index (χ0) is 11.9. The van der Waals surface area contributed by atoms with Crippen LogP contribution < -0.4 is 10.1 Å². The van der Waals surface area contributed by atoms with E-state index in [0.29, 0.717) is 17.6 Å². The normalized spacial score (nSPS) is 20.2. The van der Waals surface area contributed by atoms with E-state index in [1.807, 2.05) is 0 Å². The van der Waals surface area contributed by atoms with Crippen LogP contribution in [0.15, 0.2) is 12.4 Å². The number of nitrogens with one attached hydrogen (secondary N) is 1. The molecule has 5 heteroatoms. The number of hydrogen-bond acceptors (Lipinski definition) is 4. The lowest BCUT2D eigenvalue weighted by Gasteiger charge is -2.22. The van der Waals surface area contributed by atoms with Crippen LogP contribution in [0.5, 0.6) is 6.01 Å². The Labute approximate surface area is 107 Å². The molecule has 94 valence electrons. The summed E-state index contributed by atoms with van der Waals surface area (Å²) in [7, 11) is 0. The van der Waals surface area contributed by atoms with Gasteiger partial charge >= 0.3 is 6.01 Å². The maximum absolute atomic E-state index is 5.69. The first-order chi connectivity index (χ1) is 8.34. The lowest BCUT2D eigenvalue weighted by molar-refractivity contribution is 0.259. The number of rotatable bonds is 5. The van der Waals surface area contributed by atoms with Crippen LogP contribution in [0.2, 0.25) is 5.02 Å². The average molecular weight is 256 g/mol. The van der Waals surface area contributed by atoms with Crippen LogP contribution in [0, 0.1) is 5.92 Å². The van der Waals surface area contributed by atoms with E-state index in [9.17, 15) is 0 Å². The molecule has 1 aromatic rings. The molecule has 1 fully saturated rings. The van der Waals surface area contributed by atoms with Gasteiger partial charge in [0.15, 0.2) is 0 Å². The quantitative estimate of drug-likeness (QED) is 0.820. The molecule has 1 atom stereocenters. The second-order valence-electron chi connectivity index (χ2n) is 4.39. The summed E-state index contributed by atoms with van der Waals surface area (Å²) in [6.45, 7) is 3.00.